The van der Waals surface area contributed by atoms with E-state index in [9.17, 15) is 4.79 Å². The summed E-state index contributed by atoms with van der Waals surface area (Å²) in [6, 6.07) is 17.9. The van der Waals surface area contributed by atoms with Gasteiger partial charge in [-0.3, -0.25) is 9.69 Å². The number of aromatic nitrogens is 1. The molecule has 3 aromatic rings. The highest BCUT2D eigenvalue weighted by molar-refractivity contribution is 6.12. The topological polar surface area (TPSA) is 48.1 Å². The van der Waals surface area contributed by atoms with E-state index in [1.54, 1.807) is 0 Å². The first kappa shape index (κ1) is 15.5. The Morgan fingerprint density at radius 1 is 0.960 bits per heavy atom. The Hall–Kier alpha value is -3.01. The van der Waals surface area contributed by atoms with Gasteiger partial charge in [-0.2, -0.15) is 0 Å². The van der Waals surface area contributed by atoms with Crippen molar-refractivity contribution < 1.29 is 4.79 Å². The van der Waals surface area contributed by atoms with Gasteiger partial charge in [0.15, 0.2) is 0 Å². The summed E-state index contributed by atoms with van der Waals surface area (Å²) < 4.78 is 0. The quantitative estimate of drug-likeness (QED) is 0.714. The Kier molecular flexibility index (Phi) is 3.61. The predicted octanol–water partition coefficient (Wildman–Crippen LogP) is 4.71. The molecule has 0 radical (unpaired) electrons. The van der Waals surface area contributed by atoms with Crippen molar-refractivity contribution >= 4 is 17.3 Å². The summed E-state index contributed by atoms with van der Waals surface area (Å²) in [5.41, 5.74) is 6.88. The Labute approximate surface area is 147 Å². The van der Waals surface area contributed by atoms with Gasteiger partial charge in [-0.15, -0.1) is 0 Å². The first-order valence-corrected chi connectivity index (χ1v) is 8.46. The maximum Gasteiger partial charge on any atom is 0.262 e. The second-order valence-corrected chi connectivity index (χ2v) is 6.64. The summed E-state index contributed by atoms with van der Waals surface area (Å²) in [4.78, 5) is 18.5. The average molecular weight is 331 g/mol. The van der Waals surface area contributed by atoms with E-state index in [2.05, 4.69) is 16.4 Å². The molecule has 0 spiro atoms. The predicted molar refractivity (Wildman–Crippen MR) is 101 cm³/mol. The molecule has 0 unspecified atom stereocenters. The summed E-state index contributed by atoms with van der Waals surface area (Å²) in [7, 11) is 0. The lowest BCUT2D eigenvalue weighted by Crippen LogP contribution is -2.43. The molecule has 1 aromatic heterocycles. The summed E-state index contributed by atoms with van der Waals surface area (Å²) >= 11 is 0. The van der Waals surface area contributed by atoms with E-state index < -0.39 is 0 Å². The van der Waals surface area contributed by atoms with Gasteiger partial charge in [0.25, 0.3) is 5.91 Å². The maximum absolute atomic E-state index is 13.3. The van der Waals surface area contributed by atoms with Gasteiger partial charge in [0, 0.05) is 28.3 Å². The molecule has 0 saturated heterocycles. The van der Waals surface area contributed by atoms with Crippen LogP contribution in [0.2, 0.25) is 0 Å². The smallest absolute Gasteiger partial charge is 0.262 e. The molecule has 2 N–H and O–H groups in total. The number of aryl methyl sites for hydroxylation is 3. The fraction of sp³-hybridized carbons (Fsp3) is 0.190. The van der Waals surface area contributed by atoms with Crippen LogP contribution in [0.5, 0.6) is 0 Å². The number of anilines is 2. The number of nitrogens with one attached hydrogen (secondary N) is 2. The molecular weight excluding hydrogens is 310 g/mol. The number of H-pyrrole nitrogens is 1. The molecule has 1 amide bonds. The van der Waals surface area contributed by atoms with Gasteiger partial charge in [0.05, 0.1) is 5.56 Å². The lowest BCUT2D eigenvalue weighted by atomic mass is 10.0. The molecule has 4 heteroatoms. The molecule has 1 aliphatic rings. The molecule has 0 bridgehead atoms. The zero-order chi connectivity index (χ0) is 17.6. The van der Waals surface area contributed by atoms with E-state index in [0.717, 1.165) is 28.3 Å². The van der Waals surface area contributed by atoms with E-state index in [1.807, 2.05) is 74.2 Å². The molecule has 0 saturated carbocycles. The summed E-state index contributed by atoms with van der Waals surface area (Å²) in [5, 5.41) is 3.55. The molecule has 4 nitrogen and oxygen atoms in total. The highest BCUT2D eigenvalue weighted by Gasteiger charge is 2.35. The summed E-state index contributed by atoms with van der Waals surface area (Å²) in [6.45, 7) is 6.13. The third-order valence-corrected chi connectivity index (χ3v) is 4.72. The second-order valence-electron chi connectivity index (χ2n) is 6.64. The number of nitrogens with zero attached hydrogens (tertiary/aromatic N) is 1. The van der Waals surface area contributed by atoms with Gasteiger partial charge >= 0.3 is 0 Å². The number of para-hydroxylation sites is 1. The number of carbonyl (C=O) groups is 1. The Morgan fingerprint density at radius 3 is 2.36 bits per heavy atom. The zero-order valence-electron chi connectivity index (χ0n) is 14.6. The first-order chi connectivity index (χ1) is 12.0. The van der Waals surface area contributed by atoms with Crippen LogP contribution in [0.4, 0.5) is 11.4 Å². The normalized spacial score (nSPS) is 16.5. The third kappa shape index (κ3) is 2.60. The Bertz CT molecular complexity index is 940. The number of amides is 1. The minimum absolute atomic E-state index is 0.0152. The van der Waals surface area contributed by atoms with Crippen LogP contribution in [0.15, 0.2) is 54.6 Å². The van der Waals surface area contributed by atoms with Crippen molar-refractivity contribution in [3.8, 4) is 0 Å². The van der Waals surface area contributed by atoms with Gasteiger partial charge in [-0.05, 0) is 51.1 Å². The van der Waals surface area contributed by atoms with Gasteiger partial charge < -0.3 is 10.3 Å². The van der Waals surface area contributed by atoms with Crippen LogP contribution in [0.1, 0.15) is 39.0 Å². The van der Waals surface area contributed by atoms with E-state index in [4.69, 9.17) is 0 Å². The van der Waals surface area contributed by atoms with Crippen LogP contribution in [-0.4, -0.2) is 10.9 Å². The SMILES string of the molecule is Cc1ccc(N2C(=O)c3ccccc3N[C@@H]2c2cc(C)[nH]c2C)cc1. The molecule has 2 aromatic carbocycles. The average Bonchev–Trinajstić information content (AvgIpc) is 2.94. The number of benzene rings is 2. The summed E-state index contributed by atoms with van der Waals surface area (Å²) in [5.74, 6) is 0.0152. The molecular formula is C21H21N3O. The first-order valence-electron chi connectivity index (χ1n) is 8.46. The number of fused-ring (bicyclic) bond motifs is 1. The molecule has 2 heterocycles. The van der Waals surface area contributed by atoms with Crippen LogP contribution >= 0.6 is 0 Å². The number of rotatable bonds is 2. The lowest BCUT2D eigenvalue weighted by Gasteiger charge is -2.38. The molecule has 1 atom stereocenters. The molecule has 25 heavy (non-hydrogen) atoms. The van der Waals surface area contributed by atoms with Gasteiger partial charge in [0.2, 0.25) is 0 Å². The van der Waals surface area contributed by atoms with Gasteiger partial charge in [-0.1, -0.05) is 29.8 Å². The number of carbonyl (C=O) groups excluding carboxylic acids is 1. The van der Waals surface area contributed by atoms with Crippen molar-refractivity contribution in [2.75, 3.05) is 10.2 Å². The minimum Gasteiger partial charge on any atom is -0.362 e. The Morgan fingerprint density at radius 2 is 1.68 bits per heavy atom. The molecule has 1 aliphatic heterocycles. The maximum atomic E-state index is 13.3. The fourth-order valence-electron chi connectivity index (χ4n) is 3.47. The largest absolute Gasteiger partial charge is 0.362 e. The van der Waals surface area contributed by atoms with Crippen molar-refractivity contribution in [2.24, 2.45) is 0 Å². The molecule has 4 rings (SSSR count). The van der Waals surface area contributed by atoms with Gasteiger partial charge in [-0.25, -0.2) is 0 Å². The van der Waals surface area contributed by atoms with Crippen molar-refractivity contribution in [1.29, 1.82) is 0 Å². The molecule has 126 valence electrons. The van der Waals surface area contributed by atoms with Crippen molar-refractivity contribution in [3.63, 3.8) is 0 Å². The van der Waals surface area contributed by atoms with Crippen LogP contribution in [0, 0.1) is 20.8 Å². The van der Waals surface area contributed by atoms with Crippen molar-refractivity contribution in [3.05, 3.63) is 82.7 Å². The molecule has 0 fully saturated rings. The van der Waals surface area contributed by atoms with Crippen LogP contribution in [-0.2, 0) is 0 Å². The van der Waals surface area contributed by atoms with Crippen molar-refractivity contribution in [2.45, 2.75) is 26.9 Å². The van der Waals surface area contributed by atoms with E-state index in [0.29, 0.717) is 5.56 Å². The standard InChI is InChI=1S/C21H21N3O/c1-13-8-10-16(11-9-13)24-20(18-12-14(2)22-15(18)3)23-19-7-5-4-6-17(19)21(24)25/h4-12,20,22-23H,1-3H3/t20-/m0/s1. The number of aromatic amines is 1. The lowest BCUT2D eigenvalue weighted by molar-refractivity contribution is 0.0975. The van der Waals surface area contributed by atoms with Crippen LogP contribution in [0.3, 0.4) is 0 Å². The van der Waals surface area contributed by atoms with E-state index in [1.165, 1.54) is 5.56 Å². The van der Waals surface area contributed by atoms with Crippen LogP contribution in [0.25, 0.3) is 0 Å². The third-order valence-electron chi connectivity index (χ3n) is 4.72. The molecule has 0 aliphatic carbocycles. The van der Waals surface area contributed by atoms with Gasteiger partial charge in [0.1, 0.15) is 6.17 Å². The highest BCUT2D eigenvalue weighted by atomic mass is 16.2. The summed E-state index contributed by atoms with van der Waals surface area (Å²) in [6.07, 6.45) is -0.241. The van der Waals surface area contributed by atoms with E-state index >= 15 is 0 Å². The van der Waals surface area contributed by atoms with Crippen LogP contribution < -0.4 is 10.2 Å². The van der Waals surface area contributed by atoms with E-state index in [-0.39, 0.29) is 12.1 Å². The minimum atomic E-state index is -0.241. The number of hydrogen-bond donors (Lipinski definition) is 2. The second kappa shape index (κ2) is 5.81. The van der Waals surface area contributed by atoms with Crippen molar-refractivity contribution in [1.82, 2.24) is 4.98 Å². The Balaban J connectivity index is 1.88. The zero-order valence-corrected chi connectivity index (χ0v) is 14.6. The highest BCUT2D eigenvalue weighted by Crippen LogP contribution is 2.37. The fourth-order valence-corrected chi connectivity index (χ4v) is 3.47. The number of hydrogen-bond acceptors (Lipinski definition) is 2. The monoisotopic (exact) mass is 331 g/mol.